The number of aromatic nitrogens is 1. The van der Waals surface area contributed by atoms with Crippen LogP contribution in [0, 0.1) is 0 Å². The Balaban J connectivity index is 2.44. The van der Waals surface area contributed by atoms with Gasteiger partial charge in [-0.1, -0.05) is 0 Å². The van der Waals surface area contributed by atoms with Gasteiger partial charge in [-0.15, -0.1) is 11.6 Å². The van der Waals surface area contributed by atoms with Gasteiger partial charge in [0.1, 0.15) is 0 Å². The lowest BCUT2D eigenvalue weighted by Crippen LogP contribution is -2.37. The second-order valence-corrected chi connectivity index (χ2v) is 5.59. The minimum absolute atomic E-state index is 0.0225. The van der Waals surface area contributed by atoms with Gasteiger partial charge >= 0.3 is 0 Å². The van der Waals surface area contributed by atoms with E-state index in [0.29, 0.717) is 4.31 Å². The lowest BCUT2D eigenvalue weighted by atomic mass is 10.2. The van der Waals surface area contributed by atoms with Crippen LogP contribution in [0.1, 0.15) is 10.4 Å². The van der Waals surface area contributed by atoms with Crippen molar-refractivity contribution in [3.63, 3.8) is 0 Å². The Hall–Kier alpha value is -1.18. The van der Waals surface area contributed by atoms with E-state index in [1.54, 1.807) is 0 Å². The van der Waals surface area contributed by atoms with Crippen molar-refractivity contribution in [3.8, 4) is 0 Å². The van der Waals surface area contributed by atoms with Gasteiger partial charge in [-0.3, -0.25) is 4.79 Å². The summed E-state index contributed by atoms with van der Waals surface area (Å²) in [4.78, 5) is 15.5. The van der Waals surface area contributed by atoms with Gasteiger partial charge < -0.3 is 5.11 Å². The smallest absolute Gasteiger partial charge is 0.285 e. The van der Waals surface area contributed by atoms with E-state index in [0.717, 1.165) is 0 Å². The van der Waals surface area contributed by atoms with E-state index in [2.05, 4.69) is 4.98 Å². The molecular weight excluding hydrogens is 268 g/mol. The van der Waals surface area contributed by atoms with E-state index in [9.17, 15) is 18.3 Å². The maximum absolute atomic E-state index is 11.9. The van der Waals surface area contributed by atoms with Crippen molar-refractivity contribution in [3.05, 3.63) is 23.9 Å². The van der Waals surface area contributed by atoms with Crippen LogP contribution in [0.25, 0.3) is 0 Å². The lowest BCUT2D eigenvalue weighted by molar-refractivity contribution is 0.0811. The zero-order valence-electron chi connectivity index (χ0n) is 8.58. The predicted octanol–water partition coefficient (Wildman–Crippen LogP) is -0.174. The van der Waals surface area contributed by atoms with Gasteiger partial charge in [0.2, 0.25) is 0 Å². The summed E-state index contributed by atoms with van der Waals surface area (Å²) in [6, 6.07) is 2.86. The Morgan fingerprint density at radius 3 is 2.82 bits per heavy atom. The molecular formula is C9H9ClN2O4S. The third-order valence-corrected chi connectivity index (χ3v) is 4.38. The molecule has 0 fully saturated rings. The van der Waals surface area contributed by atoms with E-state index < -0.39 is 22.0 Å². The molecule has 0 radical (unpaired) electrons. The van der Waals surface area contributed by atoms with Gasteiger partial charge in [0.25, 0.3) is 15.9 Å². The van der Waals surface area contributed by atoms with Crippen molar-refractivity contribution < 1.29 is 18.3 Å². The molecule has 1 N–H and O–H groups in total. The average Bonchev–Trinajstić information content (AvgIpc) is 2.51. The summed E-state index contributed by atoms with van der Waals surface area (Å²) in [5, 5.41) is 9.07. The number of fused-ring (bicyclic) bond motifs is 1. The number of hydrogen-bond donors (Lipinski definition) is 1. The number of carbonyl (C=O) groups excluding carboxylic acids is 1. The van der Waals surface area contributed by atoms with Crippen LogP contribution in [0.4, 0.5) is 0 Å². The number of alkyl halides is 1. The first kappa shape index (κ1) is 12.3. The van der Waals surface area contributed by atoms with E-state index in [4.69, 9.17) is 11.6 Å². The fourth-order valence-corrected chi connectivity index (χ4v) is 3.15. The number of hydrogen-bond acceptors (Lipinski definition) is 5. The Kier molecular flexibility index (Phi) is 3.07. The molecule has 1 aromatic heterocycles. The Bertz CT molecular complexity index is 560. The molecule has 0 saturated carbocycles. The number of aliphatic hydroxyl groups is 1. The van der Waals surface area contributed by atoms with Gasteiger partial charge in [0.05, 0.1) is 24.1 Å². The standard InChI is InChI=1S/C9H9ClN2O4S/c10-4-6(13)5-12-9(14)7-2-1-3-11-8(7)17(12,15)16/h1-3,6,13H,4-5H2. The SMILES string of the molecule is O=C1c2cccnc2S(=O)(=O)N1CC(O)CCl. The summed E-state index contributed by atoms with van der Waals surface area (Å²) in [5.41, 5.74) is 0.0225. The Labute approximate surface area is 103 Å². The predicted molar refractivity (Wildman–Crippen MR) is 59.2 cm³/mol. The number of halogens is 1. The maximum Gasteiger partial charge on any atom is 0.285 e. The number of sulfonamides is 1. The number of amides is 1. The fraction of sp³-hybridized carbons (Fsp3) is 0.333. The summed E-state index contributed by atoms with van der Waals surface area (Å²) < 4.78 is 24.5. The number of pyridine rings is 1. The van der Waals surface area contributed by atoms with Crippen molar-refractivity contribution in [2.24, 2.45) is 0 Å². The Morgan fingerprint density at radius 2 is 2.24 bits per heavy atom. The third kappa shape index (κ3) is 1.90. The number of aliphatic hydroxyl groups excluding tert-OH is 1. The molecule has 0 bridgehead atoms. The molecule has 0 spiro atoms. The highest BCUT2D eigenvalue weighted by atomic mass is 35.5. The molecule has 6 nitrogen and oxygen atoms in total. The molecule has 8 heteroatoms. The van der Waals surface area contributed by atoms with Gasteiger partial charge in [-0.25, -0.2) is 9.29 Å². The Morgan fingerprint density at radius 1 is 1.53 bits per heavy atom. The largest absolute Gasteiger partial charge is 0.390 e. The van der Waals surface area contributed by atoms with E-state index in [-0.39, 0.29) is 23.0 Å². The van der Waals surface area contributed by atoms with E-state index in [1.165, 1.54) is 18.3 Å². The number of rotatable bonds is 3. The highest BCUT2D eigenvalue weighted by Gasteiger charge is 2.42. The van der Waals surface area contributed by atoms with Crippen molar-refractivity contribution in [1.29, 1.82) is 0 Å². The average molecular weight is 277 g/mol. The number of nitrogens with zero attached hydrogens (tertiary/aromatic N) is 2. The molecule has 2 rings (SSSR count). The lowest BCUT2D eigenvalue weighted by Gasteiger charge is -2.17. The second-order valence-electron chi connectivity index (χ2n) is 3.51. The van der Waals surface area contributed by atoms with Crippen molar-refractivity contribution in [2.75, 3.05) is 12.4 Å². The first-order valence-corrected chi connectivity index (χ1v) is 6.72. The minimum Gasteiger partial charge on any atom is -0.390 e. The topological polar surface area (TPSA) is 87.6 Å². The van der Waals surface area contributed by atoms with Crippen molar-refractivity contribution in [1.82, 2.24) is 9.29 Å². The molecule has 92 valence electrons. The molecule has 1 aliphatic heterocycles. The van der Waals surface area contributed by atoms with Crippen LogP contribution in [-0.2, 0) is 10.0 Å². The van der Waals surface area contributed by atoms with Gasteiger partial charge in [-0.05, 0) is 12.1 Å². The summed E-state index contributed by atoms with van der Waals surface area (Å²) in [5.74, 6) is -0.833. The molecule has 1 amide bonds. The van der Waals surface area contributed by atoms with Gasteiger partial charge in [-0.2, -0.15) is 8.42 Å². The van der Waals surface area contributed by atoms with Crippen LogP contribution in [0.3, 0.4) is 0 Å². The monoisotopic (exact) mass is 276 g/mol. The highest BCUT2D eigenvalue weighted by molar-refractivity contribution is 7.90. The zero-order valence-corrected chi connectivity index (χ0v) is 10.1. The molecule has 1 atom stereocenters. The molecule has 1 unspecified atom stereocenters. The van der Waals surface area contributed by atoms with Gasteiger partial charge in [0.15, 0.2) is 5.03 Å². The quantitative estimate of drug-likeness (QED) is 0.774. The minimum atomic E-state index is -3.95. The second kappa shape index (κ2) is 4.25. The summed E-state index contributed by atoms with van der Waals surface area (Å²) in [7, 11) is -3.95. The summed E-state index contributed by atoms with van der Waals surface area (Å²) in [6.45, 7) is -0.360. The normalized spacial score (nSPS) is 19.2. The van der Waals surface area contributed by atoms with Crippen LogP contribution < -0.4 is 0 Å². The molecule has 1 aromatic rings. The molecule has 0 aromatic carbocycles. The summed E-state index contributed by atoms with van der Waals surface area (Å²) in [6.07, 6.45) is 0.204. The maximum atomic E-state index is 11.9. The van der Waals surface area contributed by atoms with Crippen molar-refractivity contribution in [2.45, 2.75) is 11.1 Å². The van der Waals surface area contributed by atoms with Crippen molar-refractivity contribution >= 4 is 27.5 Å². The zero-order chi connectivity index (χ0) is 12.6. The molecule has 1 aliphatic rings. The van der Waals surface area contributed by atoms with Crippen LogP contribution in [0.2, 0.25) is 0 Å². The fourth-order valence-electron chi connectivity index (χ4n) is 1.53. The molecule has 17 heavy (non-hydrogen) atoms. The third-order valence-electron chi connectivity index (χ3n) is 2.32. The van der Waals surface area contributed by atoms with E-state index in [1.807, 2.05) is 0 Å². The molecule has 0 aliphatic carbocycles. The number of carbonyl (C=O) groups is 1. The molecule has 0 saturated heterocycles. The first-order chi connectivity index (χ1) is 7.98. The van der Waals surface area contributed by atoms with Crippen LogP contribution >= 0.6 is 11.6 Å². The van der Waals surface area contributed by atoms with E-state index >= 15 is 0 Å². The van der Waals surface area contributed by atoms with Crippen LogP contribution in [0.15, 0.2) is 23.4 Å². The first-order valence-electron chi connectivity index (χ1n) is 4.74. The summed E-state index contributed by atoms with van der Waals surface area (Å²) >= 11 is 5.38. The highest BCUT2D eigenvalue weighted by Crippen LogP contribution is 2.27. The van der Waals surface area contributed by atoms with Gasteiger partial charge in [0, 0.05) is 6.20 Å². The van der Waals surface area contributed by atoms with Crippen LogP contribution in [0.5, 0.6) is 0 Å². The number of β-amino-alcohol motifs (C(OH)–C–C–N with tert-alkyl or cyclic N) is 1. The molecule has 2 heterocycles. The van der Waals surface area contributed by atoms with Crippen LogP contribution in [-0.4, -0.2) is 47.2 Å².